The van der Waals surface area contributed by atoms with Gasteiger partial charge in [0.2, 0.25) is 0 Å². The molecule has 0 atom stereocenters. The maximum Gasteiger partial charge on any atom is 0.344 e. The first-order valence-electron chi connectivity index (χ1n) is 8.39. The normalized spacial score (nSPS) is 10.6. The first kappa shape index (κ1) is 21.1. The lowest BCUT2D eigenvalue weighted by Crippen LogP contribution is -2.23. The van der Waals surface area contributed by atoms with Crippen molar-refractivity contribution in [3.8, 4) is 5.75 Å². The van der Waals surface area contributed by atoms with E-state index in [-0.39, 0.29) is 0 Å². The first-order valence-corrected chi connectivity index (χ1v) is 9.98. The zero-order chi connectivity index (χ0) is 21.0. The van der Waals surface area contributed by atoms with Gasteiger partial charge in [0.15, 0.2) is 13.2 Å². The van der Waals surface area contributed by atoms with Crippen molar-refractivity contribution in [2.45, 2.75) is 6.92 Å². The molecule has 0 aliphatic carbocycles. The molecule has 1 N–H and O–H groups in total. The molecule has 0 radical (unpaired) electrons. The highest BCUT2D eigenvalue weighted by atomic mass is 79.9. The first-order chi connectivity index (χ1) is 13.8. The molecule has 0 spiro atoms. The number of anilines is 1. The molecule has 0 fully saturated rings. The lowest BCUT2D eigenvalue weighted by molar-refractivity contribution is -0.149. The predicted molar refractivity (Wildman–Crippen MR) is 114 cm³/mol. The van der Waals surface area contributed by atoms with Crippen molar-refractivity contribution in [2.75, 3.05) is 18.5 Å². The van der Waals surface area contributed by atoms with Crippen LogP contribution in [0.1, 0.15) is 5.56 Å². The maximum absolute atomic E-state index is 11.9. The summed E-state index contributed by atoms with van der Waals surface area (Å²) >= 11 is 6.65. The summed E-state index contributed by atoms with van der Waals surface area (Å²) in [4.78, 5) is 35.2. The van der Waals surface area contributed by atoms with Crippen molar-refractivity contribution in [2.24, 2.45) is 0 Å². The van der Waals surface area contributed by atoms with Gasteiger partial charge in [-0.1, -0.05) is 15.9 Å². The quantitative estimate of drug-likeness (QED) is 0.384. The van der Waals surface area contributed by atoms with Crippen molar-refractivity contribution in [1.29, 1.82) is 0 Å². The molecule has 0 saturated heterocycles. The number of hydrogen-bond acceptors (Lipinski definition) is 6. The van der Waals surface area contributed by atoms with Crippen LogP contribution in [0.3, 0.4) is 0 Å². The van der Waals surface area contributed by atoms with Crippen LogP contribution in [0.15, 0.2) is 60.6 Å². The third kappa shape index (κ3) is 5.68. The molecule has 1 heterocycles. The Balaban J connectivity index is 1.51. The molecule has 150 valence electrons. The number of esters is 1. The minimum Gasteiger partial charge on any atom is -0.482 e. The van der Waals surface area contributed by atoms with Gasteiger partial charge in [-0.3, -0.25) is 4.79 Å². The van der Waals surface area contributed by atoms with Crippen LogP contribution in [-0.4, -0.2) is 25.1 Å². The van der Waals surface area contributed by atoms with Gasteiger partial charge in [0.1, 0.15) is 11.3 Å². The summed E-state index contributed by atoms with van der Waals surface area (Å²) in [5.41, 5.74) is 1.24. The zero-order valence-corrected chi connectivity index (χ0v) is 18.3. The summed E-state index contributed by atoms with van der Waals surface area (Å²) < 4.78 is 16.9. The summed E-state index contributed by atoms with van der Waals surface area (Å²) in [5, 5.41) is 3.40. The van der Waals surface area contributed by atoms with Gasteiger partial charge in [-0.05, 0) is 58.7 Å². The van der Waals surface area contributed by atoms with Crippen LogP contribution in [0.4, 0.5) is 5.69 Å². The lowest BCUT2D eigenvalue weighted by Gasteiger charge is -2.09. The molecule has 3 rings (SSSR count). The second-order valence-corrected chi connectivity index (χ2v) is 7.80. The smallest absolute Gasteiger partial charge is 0.344 e. The number of rotatable bonds is 6. The van der Waals surface area contributed by atoms with Crippen molar-refractivity contribution in [1.82, 2.24) is 0 Å². The standard InChI is InChI=1S/C20H15Br2NO6/c1-11-6-19(25)29-17-8-13(3-4-14(11)17)27-10-20(26)28-9-18(24)23-16-5-2-12(21)7-15(16)22/h2-8H,9-10H2,1H3,(H,23,24). The molecule has 0 aliphatic heterocycles. The maximum atomic E-state index is 11.9. The van der Waals surface area contributed by atoms with E-state index >= 15 is 0 Å². The van der Waals surface area contributed by atoms with Crippen LogP contribution in [0.25, 0.3) is 11.0 Å². The number of nitrogens with one attached hydrogen (secondary N) is 1. The Labute approximate surface area is 182 Å². The number of ether oxygens (including phenoxy) is 2. The second-order valence-electron chi connectivity index (χ2n) is 6.03. The van der Waals surface area contributed by atoms with Gasteiger partial charge < -0.3 is 19.2 Å². The Morgan fingerprint density at radius 2 is 1.86 bits per heavy atom. The highest BCUT2D eigenvalue weighted by Crippen LogP contribution is 2.26. The third-order valence-electron chi connectivity index (χ3n) is 3.85. The number of carbonyl (C=O) groups is 2. The molecular weight excluding hydrogens is 510 g/mol. The van der Waals surface area contributed by atoms with E-state index < -0.39 is 30.7 Å². The van der Waals surface area contributed by atoms with E-state index in [1.807, 2.05) is 0 Å². The van der Waals surface area contributed by atoms with Crippen LogP contribution in [0.2, 0.25) is 0 Å². The summed E-state index contributed by atoms with van der Waals surface area (Å²) in [6, 6.07) is 11.6. The molecule has 1 amide bonds. The fourth-order valence-corrected chi connectivity index (χ4v) is 3.65. The van der Waals surface area contributed by atoms with E-state index in [9.17, 15) is 14.4 Å². The monoisotopic (exact) mass is 523 g/mol. The van der Waals surface area contributed by atoms with Gasteiger partial charge in [-0.25, -0.2) is 9.59 Å². The summed E-state index contributed by atoms with van der Waals surface area (Å²) in [5.74, 6) is -0.850. The van der Waals surface area contributed by atoms with Crippen molar-refractivity contribution in [3.05, 3.63) is 67.4 Å². The molecule has 1 aromatic heterocycles. The van der Waals surface area contributed by atoms with E-state index in [4.69, 9.17) is 13.9 Å². The number of carbonyl (C=O) groups excluding carboxylic acids is 2. The van der Waals surface area contributed by atoms with Crippen LogP contribution >= 0.6 is 31.9 Å². The number of amides is 1. The molecule has 3 aromatic rings. The number of fused-ring (bicyclic) bond motifs is 1. The third-order valence-corrected chi connectivity index (χ3v) is 5.00. The molecule has 7 nitrogen and oxygen atoms in total. The predicted octanol–water partition coefficient (Wildman–Crippen LogP) is 4.19. The van der Waals surface area contributed by atoms with Crippen LogP contribution in [0, 0.1) is 6.92 Å². The summed E-state index contributed by atoms with van der Waals surface area (Å²) in [6.45, 7) is 0.961. The van der Waals surface area contributed by atoms with Gasteiger partial charge in [0.25, 0.3) is 5.91 Å². The van der Waals surface area contributed by atoms with Gasteiger partial charge in [-0.2, -0.15) is 0 Å². The Bertz CT molecular complexity index is 1140. The average Bonchev–Trinajstić information content (AvgIpc) is 2.66. The van der Waals surface area contributed by atoms with Gasteiger partial charge in [-0.15, -0.1) is 0 Å². The number of benzene rings is 2. The van der Waals surface area contributed by atoms with Gasteiger partial charge in [0, 0.05) is 26.5 Å². The molecule has 9 heteroatoms. The van der Waals surface area contributed by atoms with Gasteiger partial charge in [0.05, 0.1) is 5.69 Å². The van der Waals surface area contributed by atoms with Crippen molar-refractivity contribution >= 4 is 60.4 Å². The fraction of sp³-hybridized carbons (Fsp3) is 0.150. The van der Waals surface area contributed by atoms with E-state index in [0.29, 0.717) is 21.5 Å². The largest absolute Gasteiger partial charge is 0.482 e. The van der Waals surface area contributed by atoms with Crippen molar-refractivity contribution in [3.63, 3.8) is 0 Å². The molecule has 0 bridgehead atoms. The van der Waals surface area contributed by atoms with E-state index in [1.165, 1.54) is 12.1 Å². The highest BCUT2D eigenvalue weighted by molar-refractivity contribution is 9.11. The van der Waals surface area contributed by atoms with Crippen molar-refractivity contribution < 1.29 is 23.5 Å². The number of halogens is 2. The molecule has 29 heavy (non-hydrogen) atoms. The lowest BCUT2D eigenvalue weighted by atomic mass is 10.1. The summed E-state index contributed by atoms with van der Waals surface area (Å²) in [7, 11) is 0. The van der Waals surface area contributed by atoms with E-state index in [2.05, 4.69) is 37.2 Å². The van der Waals surface area contributed by atoms with Crippen LogP contribution in [-0.2, 0) is 14.3 Å². The number of hydrogen-bond donors (Lipinski definition) is 1. The SMILES string of the molecule is Cc1cc(=O)oc2cc(OCC(=O)OCC(=O)Nc3ccc(Br)cc3Br)ccc12. The molecule has 0 saturated carbocycles. The Morgan fingerprint density at radius 3 is 2.62 bits per heavy atom. The van der Waals surface area contributed by atoms with Crippen LogP contribution in [0.5, 0.6) is 5.75 Å². The minimum atomic E-state index is -0.708. The topological polar surface area (TPSA) is 94.8 Å². The zero-order valence-electron chi connectivity index (χ0n) is 15.2. The Hall–Kier alpha value is -2.65. The molecule has 0 unspecified atom stereocenters. The molecular formula is C20H15Br2NO6. The fourth-order valence-electron chi connectivity index (χ4n) is 2.50. The van der Waals surface area contributed by atoms with Gasteiger partial charge >= 0.3 is 11.6 Å². The Kier molecular flexibility index (Phi) is 6.71. The Morgan fingerprint density at radius 1 is 1.07 bits per heavy atom. The highest BCUT2D eigenvalue weighted by Gasteiger charge is 2.11. The van der Waals surface area contributed by atoms with E-state index in [0.717, 1.165) is 15.4 Å². The van der Waals surface area contributed by atoms with E-state index in [1.54, 1.807) is 37.3 Å². The molecule has 0 aliphatic rings. The van der Waals surface area contributed by atoms with Crippen LogP contribution < -0.4 is 15.7 Å². The molecule has 2 aromatic carbocycles. The minimum absolute atomic E-state index is 0.339. The summed E-state index contributed by atoms with van der Waals surface area (Å²) in [6.07, 6.45) is 0. The average molecular weight is 525 g/mol. The second kappa shape index (κ2) is 9.23. The number of aryl methyl sites for hydroxylation is 1.